The molecule has 1 atom stereocenters. The molecule has 0 spiro atoms. The lowest BCUT2D eigenvalue weighted by Crippen LogP contribution is -2.39. The van der Waals surface area contributed by atoms with Crippen molar-refractivity contribution in [2.24, 2.45) is 15.5 Å². The molecule has 0 aromatic carbocycles. The maximum absolute atomic E-state index is 11.6. The highest BCUT2D eigenvalue weighted by atomic mass is 16.6. The van der Waals surface area contributed by atoms with Crippen molar-refractivity contribution in [1.82, 2.24) is 0 Å². The van der Waals surface area contributed by atoms with Crippen LogP contribution in [0.4, 0.5) is 0 Å². The van der Waals surface area contributed by atoms with Gasteiger partial charge in [0.25, 0.3) is 0 Å². The molecule has 1 aliphatic rings. The molecule has 1 unspecified atom stereocenters. The Hall–Kier alpha value is -0.850. The first kappa shape index (κ1) is 9.24. The second-order valence-corrected chi connectivity index (χ2v) is 2.60. The van der Waals surface area contributed by atoms with Gasteiger partial charge in [0, 0.05) is 25.7 Å². The average Bonchev–Trinajstić information content (AvgIpc) is 2.34. The minimum atomic E-state index is -0.774. The van der Waals surface area contributed by atoms with E-state index in [-0.39, 0.29) is 0 Å². The van der Waals surface area contributed by atoms with Crippen LogP contribution in [0.1, 0.15) is 13.3 Å². The summed E-state index contributed by atoms with van der Waals surface area (Å²) in [6, 6.07) is 0. The topological polar surface area (TPSA) is 69.4 Å². The maximum atomic E-state index is 11.6. The van der Waals surface area contributed by atoms with Crippen LogP contribution in [0.2, 0.25) is 0 Å². The molecule has 0 saturated heterocycles. The van der Waals surface area contributed by atoms with Gasteiger partial charge in [-0.2, -0.15) is 4.76 Å². The van der Waals surface area contributed by atoms with E-state index in [2.05, 4.69) is 15.5 Å². The van der Waals surface area contributed by atoms with Gasteiger partial charge >= 0.3 is 0 Å². The fourth-order valence-electron chi connectivity index (χ4n) is 0.914. The first-order valence-electron chi connectivity index (χ1n) is 3.74. The van der Waals surface area contributed by atoms with Crippen LogP contribution >= 0.6 is 0 Å². The molecule has 0 aromatic rings. The molecule has 1 aliphatic heterocycles. The molecule has 6 nitrogen and oxygen atoms in total. The van der Waals surface area contributed by atoms with Crippen LogP contribution in [0, 0.1) is 5.21 Å². The molecule has 0 aromatic heterocycles. The largest absolute Gasteiger partial charge is 0.597 e. The second-order valence-electron chi connectivity index (χ2n) is 2.60. The summed E-state index contributed by atoms with van der Waals surface area (Å²) < 4.78 is 4.05. The number of quaternary nitrogens is 1. The molecule has 1 heterocycles. The lowest BCUT2D eigenvalue weighted by Gasteiger charge is -2.28. The summed E-state index contributed by atoms with van der Waals surface area (Å²) in [6.45, 7) is 2.53. The Morgan fingerprint density at radius 1 is 1.58 bits per heavy atom. The fourth-order valence-corrected chi connectivity index (χ4v) is 0.914. The quantitative estimate of drug-likeness (QED) is 0.361. The van der Waals surface area contributed by atoms with Crippen LogP contribution in [0.25, 0.3) is 0 Å². The zero-order chi connectivity index (χ0) is 9.03. The third kappa shape index (κ3) is 1.84. The standard InChI is InChI=1S/C6H12N4O2/c1-6-7-8-9-10(6,11)4-3-5-12-2/h3-5H2,1-2H3. The van der Waals surface area contributed by atoms with E-state index in [0.29, 0.717) is 25.4 Å². The second kappa shape index (κ2) is 3.70. The lowest BCUT2D eigenvalue weighted by molar-refractivity contribution is -0.798. The van der Waals surface area contributed by atoms with Crippen molar-refractivity contribution in [3.63, 3.8) is 0 Å². The molecule has 0 radical (unpaired) electrons. The number of nitrogens with zero attached hydrogens (tertiary/aromatic N) is 4. The Kier molecular flexibility index (Phi) is 2.85. The summed E-state index contributed by atoms with van der Waals surface area (Å²) in [6.07, 6.45) is 0.659. The molecule has 0 N–H and O–H groups in total. The summed E-state index contributed by atoms with van der Waals surface area (Å²) in [5, 5.41) is 22.0. The Balaban J connectivity index is 2.40. The van der Waals surface area contributed by atoms with Crippen molar-refractivity contribution in [1.29, 1.82) is 0 Å². The highest BCUT2D eigenvalue weighted by Gasteiger charge is 2.25. The summed E-state index contributed by atoms with van der Waals surface area (Å²) in [7, 11) is 1.60. The predicted molar refractivity (Wildman–Crippen MR) is 43.0 cm³/mol. The van der Waals surface area contributed by atoms with Gasteiger partial charge < -0.3 is 9.94 Å². The normalized spacial score (nSPS) is 27.8. The van der Waals surface area contributed by atoms with Gasteiger partial charge in [0.05, 0.1) is 11.8 Å². The van der Waals surface area contributed by atoms with Gasteiger partial charge in [-0.05, 0) is 0 Å². The van der Waals surface area contributed by atoms with E-state index in [1.807, 2.05) is 0 Å². The number of hydroxylamine groups is 2. The first-order chi connectivity index (χ1) is 5.69. The smallest absolute Gasteiger partial charge is 0.249 e. The molecule has 6 heteroatoms. The Morgan fingerprint density at radius 3 is 2.83 bits per heavy atom. The molecule has 0 saturated carbocycles. The van der Waals surface area contributed by atoms with Crippen LogP contribution in [0.15, 0.2) is 15.5 Å². The van der Waals surface area contributed by atoms with Gasteiger partial charge in [-0.15, -0.1) is 0 Å². The highest BCUT2D eigenvalue weighted by Crippen LogP contribution is 2.15. The summed E-state index contributed by atoms with van der Waals surface area (Å²) in [5.74, 6) is 0.381. The van der Waals surface area contributed by atoms with Crippen molar-refractivity contribution in [2.45, 2.75) is 13.3 Å². The minimum absolute atomic E-state index is 0.340. The summed E-state index contributed by atoms with van der Waals surface area (Å²) in [5.41, 5.74) is 0. The molecular weight excluding hydrogens is 160 g/mol. The number of methoxy groups -OCH3 is 1. The number of hydrogen-bond donors (Lipinski definition) is 0. The molecule has 68 valence electrons. The van der Waals surface area contributed by atoms with Crippen molar-refractivity contribution < 1.29 is 9.49 Å². The third-order valence-corrected chi connectivity index (χ3v) is 1.69. The van der Waals surface area contributed by atoms with Gasteiger partial charge in [0.2, 0.25) is 5.84 Å². The van der Waals surface area contributed by atoms with E-state index >= 15 is 0 Å². The zero-order valence-corrected chi connectivity index (χ0v) is 7.23. The monoisotopic (exact) mass is 172 g/mol. The highest BCUT2D eigenvalue weighted by molar-refractivity contribution is 5.73. The lowest BCUT2D eigenvalue weighted by atomic mass is 10.4. The molecular formula is C6H12N4O2. The van der Waals surface area contributed by atoms with Crippen molar-refractivity contribution in [3.05, 3.63) is 5.21 Å². The first-order valence-corrected chi connectivity index (χ1v) is 3.74. The molecule has 0 aliphatic carbocycles. The number of amidine groups is 1. The fraction of sp³-hybridized carbons (Fsp3) is 0.833. The Bertz CT molecular complexity index is 216. The SMILES string of the molecule is COCCC[N+]1([O-])N=NN=C1C. The van der Waals surface area contributed by atoms with Crippen LogP contribution < -0.4 is 0 Å². The van der Waals surface area contributed by atoms with Crippen LogP contribution in [0.5, 0.6) is 0 Å². The van der Waals surface area contributed by atoms with E-state index in [0.717, 1.165) is 0 Å². The van der Waals surface area contributed by atoms with Gasteiger partial charge in [0.1, 0.15) is 6.54 Å². The molecule has 12 heavy (non-hydrogen) atoms. The zero-order valence-electron chi connectivity index (χ0n) is 7.23. The predicted octanol–water partition coefficient (Wildman–Crippen LogP) is 1.05. The number of rotatable bonds is 4. The Labute approximate surface area is 70.7 Å². The van der Waals surface area contributed by atoms with Crippen molar-refractivity contribution in [2.75, 3.05) is 20.3 Å². The van der Waals surface area contributed by atoms with E-state index in [1.54, 1.807) is 14.0 Å². The maximum Gasteiger partial charge on any atom is 0.249 e. The Morgan fingerprint density at radius 2 is 2.33 bits per heavy atom. The van der Waals surface area contributed by atoms with E-state index < -0.39 is 4.76 Å². The van der Waals surface area contributed by atoms with Crippen LogP contribution in [-0.2, 0) is 4.74 Å². The van der Waals surface area contributed by atoms with Gasteiger partial charge in [0.15, 0.2) is 0 Å². The van der Waals surface area contributed by atoms with Gasteiger partial charge in [-0.25, -0.2) is 0 Å². The van der Waals surface area contributed by atoms with Crippen molar-refractivity contribution >= 4 is 5.84 Å². The molecule has 0 fully saturated rings. The average molecular weight is 172 g/mol. The minimum Gasteiger partial charge on any atom is -0.597 e. The van der Waals surface area contributed by atoms with E-state index in [4.69, 9.17) is 4.74 Å². The van der Waals surface area contributed by atoms with Crippen LogP contribution in [-0.4, -0.2) is 30.9 Å². The summed E-state index contributed by atoms with van der Waals surface area (Å²) in [4.78, 5) is 0. The summed E-state index contributed by atoms with van der Waals surface area (Å²) >= 11 is 0. The number of ether oxygens (including phenoxy) is 1. The van der Waals surface area contributed by atoms with Crippen molar-refractivity contribution in [3.8, 4) is 0 Å². The molecule has 0 amide bonds. The van der Waals surface area contributed by atoms with Gasteiger partial charge in [-0.3, -0.25) is 0 Å². The van der Waals surface area contributed by atoms with Crippen LogP contribution in [0.3, 0.4) is 0 Å². The number of hydrogen-bond acceptors (Lipinski definition) is 5. The molecule has 0 bridgehead atoms. The third-order valence-electron chi connectivity index (χ3n) is 1.69. The van der Waals surface area contributed by atoms with E-state index in [1.165, 1.54) is 0 Å². The van der Waals surface area contributed by atoms with E-state index in [9.17, 15) is 5.21 Å². The van der Waals surface area contributed by atoms with Gasteiger partial charge in [-0.1, -0.05) is 5.10 Å². The molecule has 1 rings (SSSR count).